The van der Waals surface area contributed by atoms with Crippen LogP contribution in [0.1, 0.15) is 33.6 Å². The van der Waals surface area contributed by atoms with E-state index in [-0.39, 0.29) is 0 Å². The lowest BCUT2D eigenvalue weighted by Crippen LogP contribution is -2.20. The highest BCUT2D eigenvalue weighted by Gasteiger charge is 2.29. The first kappa shape index (κ1) is 11.6. The highest BCUT2D eigenvalue weighted by atomic mass is 32.1. The maximum atomic E-state index is 4.31. The summed E-state index contributed by atoms with van der Waals surface area (Å²) in [5, 5.41) is 0. The average Bonchev–Trinajstić information content (AvgIpc) is 1.99. The molecule has 78 valence electrons. The van der Waals surface area contributed by atoms with Crippen LogP contribution >= 0.6 is 12.6 Å². The van der Waals surface area contributed by atoms with Gasteiger partial charge >= 0.3 is 0 Å². The number of hydrogen-bond donors (Lipinski definition) is 1. The molecule has 0 spiro atoms. The van der Waals surface area contributed by atoms with Gasteiger partial charge in [-0.15, -0.1) is 0 Å². The molecule has 0 aromatic heterocycles. The number of hydrogen-bond acceptors (Lipinski definition) is 1. The number of thiol groups is 1. The molecule has 0 saturated heterocycles. The van der Waals surface area contributed by atoms with E-state index >= 15 is 0 Å². The Labute approximate surface area is 93.2 Å². The summed E-state index contributed by atoms with van der Waals surface area (Å²) in [5.74, 6) is 0.799. The van der Waals surface area contributed by atoms with E-state index in [1.54, 1.807) is 0 Å². The third kappa shape index (κ3) is 2.33. The topological polar surface area (TPSA) is 0 Å². The molecule has 1 aliphatic carbocycles. The van der Waals surface area contributed by atoms with Crippen LogP contribution in [-0.2, 0) is 0 Å². The van der Waals surface area contributed by atoms with Crippen molar-refractivity contribution >= 4 is 12.6 Å². The summed E-state index contributed by atoms with van der Waals surface area (Å²) < 4.78 is 0. The second kappa shape index (κ2) is 3.98. The van der Waals surface area contributed by atoms with Crippen molar-refractivity contribution in [3.05, 3.63) is 35.5 Å². The molecule has 0 radical (unpaired) electrons. The molecule has 1 rings (SSSR count). The first-order chi connectivity index (χ1) is 6.37. The van der Waals surface area contributed by atoms with Gasteiger partial charge < -0.3 is 0 Å². The van der Waals surface area contributed by atoms with Crippen LogP contribution < -0.4 is 0 Å². The minimum atomic E-state index is 0.328. The largest absolute Gasteiger partial charge is 0.175 e. The molecule has 1 aliphatic rings. The van der Waals surface area contributed by atoms with Crippen LogP contribution in [-0.4, -0.2) is 5.75 Å². The molecule has 0 amide bonds. The van der Waals surface area contributed by atoms with Gasteiger partial charge in [0.05, 0.1) is 0 Å². The van der Waals surface area contributed by atoms with Crippen molar-refractivity contribution in [2.24, 2.45) is 5.41 Å². The summed E-state index contributed by atoms with van der Waals surface area (Å²) in [4.78, 5) is 0. The maximum Gasteiger partial charge on any atom is 0.0119 e. The van der Waals surface area contributed by atoms with Crippen molar-refractivity contribution in [3.63, 3.8) is 0 Å². The molecule has 0 aromatic carbocycles. The maximum absolute atomic E-state index is 4.31. The van der Waals surface area contributed by atoms with Gasteiger partial charge in [0.15, 0.2) is 0 Å². The van der Waals surface area contributed by atoms with Gasteiger partial charge in [0.1, 0.15) is 0 Å². The summed E-state index contributed by atoms with van der Waals surface area (Å²) in [6.45, 7) is 15.0. The summed E-state index contributed by atoms with van der Waals surface area (Å²) in [6, 6.07) is 0. The average molecular weight is 208 g/mol. The van der Waals surface area contributed by atoms with E-state index < -0.39 is 0 Å². The second-order valence-electron chi connectivity index (χ2n) is 5.04. The zero-order valence-corrected chi connectivity index (χ0v) is 10.4. The Morgan fingerprint density at radius 3 is 2.07 bits per heavy atom. The highest BCUT2D eigenvalue weighted by Crippen LogP contribution is 2.44. The first-order valence-corrected chi connectivity index (χ1v) is 5.67. The van der Waals surface area contributed by atoms with Crippen LogP contribution in [0, 0.1) is 5.41 Å². The fraction of sp³-hybridized carbons (Fsp3) is 0.538. The zero-order valence-electron chi connectivity index (χ0n) is 9.48. The lowest BCUT2D eigenvalue weighted by atomic mass is 9.70. The van der Waals surface area contributed by atoms with E-state index in [1.807, 2.05) is 0 Å². The minimum Gasteiger partial charge on any atom is -0.175 e. The molecular weight excluding hydrogens is 188 g/mol. The minimum absolute atomic E-state index is 0.328. The molecule has 0 nitrogen and oxygen atoms in total. The van der Waals surface area contributed by atoms with Crippen molar-refractivity contribution in [1.29, 1.82) is 0 Å². The van der Waals surface area contributed by atoms with Gasteiger partial charge in [-0.25, -0.2) is 0 Å². The molecule has 0 aliphatic heterocycles. The van der Waals surface area contributed by atoms with Crippen molar-refractivity contribution in [2.45, 2.75) is 33.6 Å². The third-order valence-electron chi connectivity index (χ3n) is 2.75. The number of rotatable bonds is 1. The zero-order chi connectivity index (χ0) is 10.9. The van der Waals surface area contributed by atoms with Gasteiger partial charge in [-0.1, -0.05) is 32.6 Å². The molecule has 0 heterocycles. The van der Waals surface area contributed by atoms with Crippen LogP contribution in [0.3, 0.4) is 0 Å². The van der Waals surface area contributed by atoms with Gasteiger partial charge in [0, 0.05) is 5.75 Å². The Morgan fingerprint density at radius 2 is 1.71 bits per heavy atom. The van der Waals surface area contributed by atoms with Crippen LogP contribution in [0.25, 0.3) is 0 Å². The predicted octanol–water partition coefficient (Wildman–Crippen LogP) is 4.17. The van der Waals surface area contributed by atoms with Gasteiger partial charge in [0.2, 0.25) is 0 Å². The van der Waals surface area contributed by atoms with Crippen LogP contribution in [0.4, 0.5) is 0 Å². The molecule has 1 fully saturated rings. The molecule has 0 bridgehead atoms. The third-order valence-corrected chi connectivity index (χ3v) is 3.23. The van der Waals surface area contributed by atoms with E-state index in [0.29, 0.717) is 5.41 Å². The van der Waals surface area contributed by atoms with E-state index in [4.69, 9.17) is 0 Å². The summed E-state index contributed by atoms with van der Waals surface area (Å²) in [6.07, 6.45) is 2.15. The molecule has 0 atom stereocenters. The van der Waals surface area contributed by atoms with E-state index in [9.17, 15) is 0 Å². The van der Waals surface area contributed by atoms with E-state index in [0.717, 1.165) is 18.6 Å². The van der Waals surface area contributed by atoms with Gasteiger partial charge in [-0.3, -0.25) is 0 Å². The molecule has 1 heteroatoms. The summed E-state index contributed by atoms with van der Waals surface area (Å²) in [5.41, 5.74) is 5.39. The fourth-order valence-corrected chi connectivity index (χ4v) is 2.49. The van der Waals surface area contributed by atoms with Crippen molar-refractivity contribution in [3.8, 4) is 0 Å². The molecule has 0 unspecified atom stereocenters. The van der Waals surface area contributed by atoms with Gasteiger partial charge in [0.25, 0.3) is 0 Å². The molecule has 0 aromatic rings. The van der Waals surface area contributed by atoms with Crippen LogP contribution in [0.2, 0.25) is 0 Å². The first-order valence-electron chi connectivity index (χ1n) is 5.04. The van der Waals surface area contributed by atoms with Crippen molar-refractivity contribution in [1.82, 2.24) is 0 Å². The Morgan fingerprint density at radius 1 is 1.29 bits per heavy atom. The smallest absolute Gasteiger partial charge is 0.0119 e. The van der Waals surface area contributed by atoms with Gasteiger partial charge in [-0.2, -0.15) is 12.6 Å². The monoisotopic (exact) mass is 208 g/mol. The predicted molar refractivity (Wildman–Crippen MR) is 67.8 cm³/mol. The second-order valence-corrected chi connectivity index (χ2v) is 5.35. The van der Waals surface area contributed by atoms with Crippen molar-refractivity contribution < 1.29 is 0 Å². The molecule has 1 saturated carbocycles. The summed E-state index contributed by atoms with van der Waals surface area (Å²) in [7, 11) is 0. The quantitative estimate of drug-likeness (QED) is 0.614. The van der Waals surface area contributed by atoms with Gasteiger partial charge in [-0.05, 0) is 41.9 Å². The molecular formula is C13H20S. The van der Waals surface area contributed by atoms with Crippen LogP contribution in [0.15, 0.2) is 35.5 Å². The number of allylic oxidation sites excluding steroid dienone is 3. The Balaban J connectivity index is 3.04. The standard InChI is InChI=1S/C13H20S/c1-9-6-13(4,5)7-10(2)12(9)11(3)8-14/h14H,1-2,6-8H2,3-5H3. The normalized spacial score (nSPS) is 21.3. The van der Waals surface area contributed by atoms with Crippen LogP contribution in [0.5, 0.6) is 0 Å². The summed E-state index contributed by atoms with van der Waals surface area (Å²) >= 11 is 4.31. The Bertz CT molecular complexity index is 283. The lowest BCUT2D eigenvalue weighted by molar-refractivity contribution is 0.349. The highest BCUT2D eigenvalue weighted by molar-refractivity contribution is 7.80. The SMILES string of the molecule is C=C1CC(C)(C)CC(=C)C1=C(C)CS. The lowest BCUT2D eigenvalue weighted by Gasteiger charge is -2.35. The van der Waals surface area contributed by atoms with E-state index in [1.165, 1.54) is 22.3 Å². The Hall–Kier alpha value is -0.430. The molecule has 0 N–H and O–H groups in total. The fourth-order valence-electron chi connectivity index (χ4n) is 2.33. The van der Waals surface area contributed by atoms with E-state index in [2.05, 4.69) is 46.6 Å². The Kier molecular flexibility index (Phi) is 3.31. The molecule has 14 heavy (non-hydrogen) atoms. The van der Waals surface area contributed by atoms with Crippen molar-refractivity contribution in [2.75, 3.05) is 5.75 Å².